The summed E-state index contributed by atoms with van der Waals surface area (Å²) in [6.07, 6.45) is 6.33. The first-order chi connectivity index (χ1) is 9.63. The number of ether oxygens (including phenoxy) is 1. The summed E-state index contributed by atoms with van der Waals surface area (Å²) >= 11 is 0. The molecule has 1 aromatic carbocycles. The maximum absolute atomic E-state index is 12.6. The molecule has 0 aromatic heterocycles. The normalized spacial score (nSPS) is 15.9. The molecular formula is C16H24N2O2. The van der Waals surface area contributed by atoms with E-state index in [4.69, 9.17) is 10.5 Å². The van der Waals surface area contributed by atoms with Crippen LogP contribution in [-0.4, -0.2) is 31.5 Å². The van der Waals surface area contributed by atoms with Gasteiger partial charge in [0.05, 0.1) is 7.11 Å². The van der Waals surface area contributed by atoms with Crippen LogP contribution in [0.1, 0.15) is 42.5 Å². The Balaban J connectivity index is 2.10. The number of benzene rings is 1. The Morgan fingerprint density at radius 1 is 1.35 bits per heavy atom. The average molecular weight is 276 g/mol. The first-order valence-electron chi connectivity index (χ1n) is 7.31. The third-order valence-electron chi connectivity index (χ3n) is 4.10. The summed E-state index contributed by atoms with van der Waals surface area (Å²) in [7, 11) is 3.41. The Morgan fingerprint density at radius 2 is 2.05 bits per heavy atom. The summed E-state index contributed by atoms with van der Waals surface area (Å²) in [5, 5.41) is 0. The Labute approximate surface area is 120 Å². The largest absolute Gasteiger partial charge is 0.496 e. The van der Waals surface area contributed by atoms with Gasteiger partial charge in [0.25, 0.3) is 5.91 Å². The van der Waals surface area contributed by atoms with Crippen LogP contribution >= 0.6 is 0 Å². The highest BCUT2D eigenvalue weighted by atomic mass is 16.5. The standard InChI is InChI=1S/C16H24N2O2/c1-18(11-12-7-4-3-5-8-12)16(19)15-13(17)9-6-10-14(15)20-2/h6,9-10,12H,3-5,7-8,11,17H2,1-2H3. The molecule has 0 atom stereocenters. The van der Waals surface area contributed by atoms with Crippen LogP contribution in [0.25, 0.3) is 0 Å². The van der Waals surface area contributed by atoms with Gasteiger partial charge in [-0.25, -0.2) is 0 Å². The molecule has 0 spiro atoms. The monoisotopic (exact) mass is 276 g/mol. The third kappa shape index (κ3) is 3.24. The molecular weight excluding hydrogens is 252 g/mol. The maximum atomic E-state index is 12.6. The SMILES string of the molecule is COc1cccc(N)c1C(=O)N(C)CC1CCCCC1. The summed E-state index contributed by atoms with van der Waals surface area (Å²) in [6, 6.07) is 5.31. The Kier molecular flexibility index (Phi) is 4.88. The molecule has 1 aliphatic rings. The number of nitrogen functional groups attached to an aromatic ring is 1. The van der Waals surface area contributed by atoms with Gasteiger partial charge in [-0.2, -0.15) is 0 Å². The van der Waals surface area contributed by atoms with Crippen LogP contribution in [0.4, 0.5) is 5.69 Å². The third-order valence-corrected chi connectivity index (χ3v) is 4.10. The number of carbonyl (C=O) groups excluding carboxylic acids is 1. The van der Waals surface area contributed by atoms with Crippen molar-refractivity contribution in [2.45, 2.75) is 32.1 Å². The van der Waals surface area contributed by atoms with Gasteiger partial charge in [0.2, 0.25) is 0 Å². The zero-order valence-electron chi connectivity index (χ0n) is 12.4. The van der Waals surface area contributed by atoms with E-state index in [2.05, 4.69) is 0 Å². The van der Waals surface area contributed by atoms with Crippen molar-refractivity contribution in [3.8, 4) is 5.75 Å². The highest BCUT2D eigenvalue weighted by molar-refractivity contribution is 6.01. The van der Waals surface area contributed by atoms with Crippen LogP contribution in [0, 0.1) is 5.92 Å². The van der Waals surface area contributed by atoms with Gasteiger partial charge in [-0.15, -0.1) is 0 Å². The second-order valence-electron chi connectivity index (χ2n) is 5.61. The maximum Gasteiger partial charge on any atom is 0.259 e. The van der Waals surface area contributed by atoms with E-state index in [1.54, 1.807) is 30.2 Å². The lowest BCUT2D eigenvalue weighted by atomic mass is 9.89. The van der Waals surface area contributed by atoms with Crippen LogP contribution in [-0.2, 0) is 0 Å². The van der Waals surface area contributed by atoms with Crippen molar-refractivity contribution in [3.63, 3.8) is 0 Å². The quantitative estimate of drug-likeness (QED) is 0.860. The van der Waals surface area contributed by atoms with Crippen molar-refractivity contribution in [1.82, 2.24) is 4.90 Å². The number of nitrogens with zero attached hydrogens (tertiary/aromatic N) is 1. The Morgan fingerprint density at radius 3 is 2.70 bits per heavy atom. The molecule has 0 heterocycles. The second-order valence-corrected chi connectivity index (χ2v) is 5.61. The predicted molar refractivity (Wildman–Crippen MR) is 80.9 cm³/mol. The van der Waals surface area contributed by atoms with Gasteiger partial charge in [0.15, 0.2) is 0 Å². The van der Waals surface area contributed by atoms with Crippen LogP contribution in [0.5, 0.6) is 5.75 Å². The summed E-state index contributed by atoms with van der Waals surface area (Å²) in [5.41, 5.74) is 6.90. The molecule has 0 aliphatic heterocycles. The Bertz CT molecular complexity index is 468. The highest BCUT2D eigenvalue weighted by Crippen LogP contribution is 2.28. The minimum atomic E-state index is -0.0504. The topological polar surface area (TPSA) is 55.6 Å². The van der Waals surface area contributed by atoms with Crippen molar-refractivity contribution in [3.05, 3.63) is 23.8 Å². The van der Waals surface area contributed by atoms with E-state index in [0.29, 0.717) is 22.9 Å². The number of anilines is 1. The molecule has 20 heavy (non-hydrogen) atoms. The van der Waals surface area contributed by atoms with Gasteiger partial charge in [-0.05, 0) is 30.9 Å². The summed E-state index contributed by atoms with van der Waals surface area (Å²) in [5.74, 6) is 1.12. The molecule has 1 saturated carbocycles. The number of nitrogens with two attached hydrogens (primary N) is 1. The van der Waals surface area contributed by atoms with Gasteiger partial charge in [0, 0.05) is 19.3 Å². The number of methoxy groups -OCH3 is 1. The van der Waals surface area contributed by atoms with E-state index >= 15 is 0 Å². The molecule has 0 bridgehead atoms. The van der Waals surface area contributed by atoms with E-state index in [1.807, 2.05) is 7.05 Å². The molecule has 2 rings (SSSR count). The molecule has 2 N–H and O–H groups in total. The average Bonchev–Trinajstić information content (AvgIpc) is 2.47. The molecule has 4 nitrogen and oxygen atoms in total. The van der Waals surface area contributed by atoms with Gasteiger partial charge >= 0.3 is 0 Å². The fraction of sp³-hybridized carbons (Fsp3) is 0.562. The van der Waals surface area contributed by atoms with Gasteiger partial charge in [0.1, 0.15) is 11.3 Å². The van der Waals surface area contributed by atoms with Gasteiger partial charge in [-0.1, -0.05) is 25.3 Å². The highest BCUT2D eigenvalue weighted by Gasteiger charge is 2.22. The van der Waals surface area contributed by atoms with Crippen LogP contribution < -0.4 is 10.5 Å². The van der Waals surface area contributed by atoms with Crippen molar-refractivity contribution < 1.29 is 9.53 Å². The first kappa shape index (κ1) is 14.7. The summed E-state index contributed by atoms with van der Waals surface area (Å²) < 4.78 is 5.26. The summed E-state index contributed by atoms with van der Waals surface area (Å²) in [4.78, 5) is 14.4. The first-order valence-corrected chi connectivity index (χ1v) is 7.31. The molecule has 0 unspecified atom stereocenters. The number of hydrogen-bond donors (Lipinski definition) is 1. The lowest BCUT2D eigenvalue weighted by Gasteiger charge is -2.27. The molecule has 0 radical (unpaired) electrons. The summed E-state index contributed by atoms with van der Waals surface area (Å²) in [6.45, 7) is 0.802. The van der Waals surface area contributed by atoms with E-state index in [0.717, 1.165) is 6.54 Å². The molecule has 1 aliphatic carbocycles. The Hall–Kier alpha value is -1.71. The minimum Gasteiger partial charge on any atom is -0.496 e. The lowest BCUT2D eigenvalue weighted by Crippen LogP contribution is -2.33. The molecule has 1 fully saturated rings. The number of amides is 1. The van der Waals surface area contributed by atoms with E-state index < -0.39 is 0 Å². The smallest absolute Gasteiger partial charge is 0.259 e. The number of hydrogen-bond acceptors (Lipinski definition) is 3. The predicted octanol–water partition coefficient (Wildman–Crippen LogP) is 2.93. The number of carbonyl (C=O) groups is 1. The van der Waals surface area contributed by atoms with Crippen LogP contribution in [0.3, 0.4) is 0 Å². The van der Waals surface area contributed by atoms with Crippen LogP contribution in [0.15, 0.2) is 18.2 Å². The lowest BCUT2D eigenvalue weighted by molar-refractivity contribution is 0.0758. The molecule has 0 saturated heterocycles. The fourth-order valence-corrected chi connectivity index (χ4v) is 2.98. The molecule has 110 valence electrons. The van der Waals surface area contributed by atoms with Crippen molar-refractivity contribution in [2.24, 2.45) is 5.92 Å². The van der Waals surface area contributed by atoms with Crippen molar-refractivity contribution in [2.75, 3.05) is 26.4 Å². The van der Waals surface area contributed by atoms with E-state index in [9.17, 15) is 4.79 Å². The number of rotatable bonds is 4. The zero-order valence-corrected chi connectivity index (χ0v) is 12.4. The molecule has 1 amide bonds. The van der Waals surface area contributed by atoms with Crippen LogP contribution in [0.2, 0.25) is 0 Å². The van der Waals surface area contributed by atoms with Gasteiger partial charge in [-0.3, -0.25) is 4.79 Å². The van der Waals surface area contributed by atoms with Crippen molar-refractivity contribution >= 4 is 11.6 Å². The zero-order chi connectivity index (χ0) is 14.5. The van der Waals surface area contributed by atoms with E-state index in [-0.39, 0.29) is 5.91 Å². The van der Waals surface area contributed by atoms with Gasteiger partial charge < -0.3 is 15.4 Å². The second kappa shape index (κ2) is 6.64. The van der Waals surface area contributed by atoms with E-state index in [1.165, 1.54) is 32.1 Å². The van der Waals surface area contributed by atoms with Crippen molar-refractivity contribution in [1.29, 1.82) is 0 Å². The molecule has 1 aromatic rings. The minimum absolute atomic E-state index is 0.0504. The fourth-order valence-electron chi connectivity index (χ4n) is 2.98. The molecule has 4 heteroatoms.